The first-order valence-corrected chi connectivity index (χ1v) is 6.28. The van der Waals surface area contributed by atoms with E-state index in [-0.39, 0.29) is 12.2 Å². The lowest BCUT2D eigenvalue weighted by atomic mass is 10.0. The molecule has 0 saturated carbocycles. The topological polar surface area (TPSA) is 70.5 Å². The molecule has 21 heavy (non-hydrogen) atoms. The van der Waals surface area contributed by atoms with Crippen molar-refractivity contribution in [1.82, 2.24) is 9.97 Å². The minimum atomic E-state index is -0.119. The van der Waals surface area contributed by atoms with Crippen molar-refractivity contribution in [2.75, 3.05) is 21.3 Å². The summed E-state index contributed by atoms with van der Waals surface area (Å²) in [6, 6.07) is 6.72. The molecule has 110 valence electrons. The standard InChI is InChI=1S/C15H16N2O4/c1-19-11-4-5-14(20-2)12(8-11)13(18)6-10-7-15(21-3)17-9-16-10/h4-5,7-9H,6H2,1-3H3. The SMILES string of the molecule is COc1ccc(OC)c(C(=O)Cc2cc(OC)ncn2)c1. The molecule has 0 spiro atoms. The fraction of sp³-hybridized carbons (Fsp3) is 0.267. The highest BCUT2D eigenvalue weighted by molar-refractivity contribution is 6.00. The van der Waals surface area contributed by atoms with Crippen LogP contribution in [0.3, 0.4) is 0 Å². The molecular weight excluding hydrogens is 272 g/mol. The van der Waals surface area contributed by atoms with Crippen LogP contribution in [0.2, 0.25) is 0 Å². The van der Waals surface area contributed by atoms with Gasteiger partial charge in [0.1, 0.15) is 17.8 Å². The molecule has 0 N–H and O–H groups in total. The Kier molecular flexibility index (Phi) is 4.71. The Labute approximate surface area is 122 Å². The van der Waals surface area contributed by atoms with E-state index in [0.717, 1.165) is 0 Å². The van der Waals surface area contributed by atoms with Gasteiger partial charge in [-0.05, 0) is 18.2 Å². The normalized spacial score (nSPS) is 10.0. The second-order valence-corrected chi connectivity index (χ2v) is 4.22. The number of ketones is 1. The third-order valence-electron chi connectivity index (χ3n) is 2.96. The Morgan fingerprint density at radius 1 is 1.05 bits per heavy atom. The number of rotatable bonds is 6. The van der Waals surface area contributed by atoms with E-state index < -0.39 is 0 Å². The average molecular weight is 288 g/mol. The van der Waals surface area contributed by atoms with Gasteiger partial charge < -0.3 is 14.2 Å². The summed E-state index contributed by atoms with van der Waals surface area (Å²) < 4.78 is 15.4. The van der Waals surface area contributed by atoms with Gasteiger partial charge in [0, 0.05) is 6.07 Å². The van der Waals surface area contributed by atoms with Crippen molar-refractivity contribution < 1.29 is 19.0 Å². The molecule has 2 aromatic rings. The van der Waals surface area contributed by atoms with Crippen molar-refractivity contribution >= 4 is 5.78 Å². The Morgan fingerprint density at radius 2 is 1.86 bits per heavy atom. The molecule has 1 heterocycles. The smallest absolute Gasteiger partial charge is 0.216 e. The zero-order valence-electron chi connectivity index (χ0n) is 12.1. The van der Waals surface area contributed by atoms with Crippen molar-refractivity contribution in [3.8, 4) is 17.4 Å². The zero-order chi connectivity index (χ0) is 15.2. The lowest BCUT2D eigenvalue weighted by Crippen LogP contribution is -2.08. The summed E-state index contributed by atoms with van der Waals surface area (Å²) >= 11 is 0. The molecule has 6 nitrogen and oxygen atoms in total. The van der Waals surface area contributed by atoms with E-state index in [9.17, 15) is 4.79 Å². The molecule has 6 heteroatoms. The second kappa shape index (κ2) is 6.69. The number of carbonyl (C=O) groups is 1. The highest BCUT2D eigenvalue weighted by Gasteiger charge is 2.15. The molecule has 0 atom stereocenters. The number of ether oxygens (including phenoxy) is 3. The van der Waals surface area contributed by atoms with Crippen molar-refractivity contribution in [2.45, 2.75) is 6.42 Å². The van der Waals surface area contributed by atoms with Gasteiger partial charge >= 0.3 is 0 Å². The molecule has 1 aromatic heterocycles. The maximum absolute atomic E-state index is 12.4. The van der Waals surface area contributed by atoms with Crippen molar-refractivity contribution in [3.05, 3.63) is 41.9 Å². The fourth-order valence-corrected chi connectivity index (χ4v) is 1.88. The Balaban J connectivity index is 2.26. The van der Waals surface area contributed by atoms with Gasteiger partial charge in [-0.25, -0.2) is 9.97 Å². The average Bonchev–Trinajstić information content (AvgIpc) is 2.54. The van der Waals surface area contributed by atoms with Crippen LogP contribution in [0.1, 0.15) is 16.1 Å². The molecule has 0 saturated heterocycles. The molecule has 1 aromatic carbocycles. The summed E-state index contributed by atoms with van der Waals surface area (Å²) in [5.41, 5.74) is 1.03. The van der Waals surface area contributed by atoms with E-state index in [0.29, 0.717) is 28.6 Å². The predicted octanol–water partition coefficient (Wildman–Crippen LogP) is 1.93. The first-order chi connectivity index (χ1) is 10.2. The first-order valence-electron chi connectivity index (χ1n) is 6.28. The molecule has 2 rings (SSSR count). The fourth-order valence-electron chi connectivity index (χ4n) is 1.88. The quantitative estimate of drug-likeness (QED) is 0.756. The van der Waals surface area contributed by atoms with Gasteiger partial charge in [0.05, 0.1) is 39.0 Å². The van der Waals surface area contributed by atoms with Gasteiger partial charge in [0.15, 0.2) is 5.78 Å². The highest BCUT2D eigenvalue weighted by atomic mass is 16.5. The van der Waals surface area contributed by atoms with Gasteiger partial charge in [-0.3, -0.25) is 4.79 Å². The number of hydrogen-bond acceptors (Lipinski definition) is 6. The monoisotopic (exact) mass is 288 g/mol. The molecule has 0 amide bonds. The van der Waals surface area contributed by atoms with Gasteiger partial charge in [0.25, 0.3) is 0 Å². The first kappa shape index (κ1) is 14.8. The number of methoxy groups -OCH3 is 3. The van der Waals surface area contributed by atoms with Crippen molar-refractivity contribution in [2.24, 2.45) is 0 Å². The van der Waals surface area contributed by atoms with Crippen LogP contribution >= 0.6 is 0 Å². The third-order valence-corrected chi connectivity index (χ3v) is 2.96. The van der Waals surface area contributed by atoms with Gasteiger partial charge in [-0.1, -0.05) is 0 Å². The molecule has 0 aliphatic rings. The second-order valence-electron chi connectivity index (χ2n) is 4.22. The van der Waals surface area contributed by atoms with Crippen LogP contribution in [-0.2, 0) is 6.42 Å². The molecule has 0 radical (unpaired) electrons. The van der Waals surface area contributed by atoms with Crippen LogP contribution in [0.25, 0.3) is 0 Å². The predicted molar refractivity (Wildman–Crippen MR) is 76.2 cm³/mol. The molecule has 0 aliphatic carbocycles. The maximum atomic E-state index is 12.4. The van der Waals surface area contributed by atoms with Crippen LogP contribution in [0.15, 0.2) is 30.6 Å². The van der Waals surface area contributed by atoms with Gasteiger partial charge in [-0.2, -0.15) is 0 Å². The molecular formula is C15H16N2O4. The van der Waals surface area contributed by atoms with E-state index in [1.54, 1.807) is 31.4 Å². The number of hydrogen-bond donors (Lipinski definition) is 0. The summed E-state index contributed by atoms with van der Waals surface area (Å²) in [7, 11) is 4.58. The van der Waals surface area contributed by atoms with Crippen LogP contribution < -0.4 is 14.2 Å². The van der Waals surface area contributed by atoms with Crippen molar-refractivity contribution in [1.29, 1.82) is 0 Å². The van der Waals surface area contributed by atoms with Crippen LogP contribution in [0.4, 0.5) is 0 Å². The van der Waals surface area contributed by atoms with E-state index in [2.05, 4.69) is 9.97 Å². The molecule has 0 bridgehead atoms. The van der Waals surface area contributed by atoms with E-state index in [1.165, 1.54) is 20.5 Å². The van der Waals surface area contributed by atoms with E-state index >= 15 is 0 Å². The number of nitrogens with zero attached hydrogens (tertiary/aromatic N) is 2. The summed E-state index contributed by atoms with van der Waals surface area (Å²) in [4.78, 5) is 20.4. The van der Waals surface area contributed by atoms with E-state index in [4.69, 9.17) is 14.2 Å². The summed E-state index contributed by atoms with van der Waals surface area (Å²) in [5.74, 6) is 1.40. The number of carbonyl (C=O) groups excluding carboxylic acids is 1. The minimum absolute atomic E-state index is 0.119. The number of Topliss-reactive ketones (excluding diaryl/α,β-unsaturated/α-hetero) is 1. The van der Waals surface area contributed by atoms with Gasteiger partial charge in [0.2, 0.25) is 5.88 Å². The molecule has 0 aliphatic heterocycles. The van der Waals surface area contributed by atoms with Crippen LogP contribution in [0.5, 0.6) is 17.4 Å². The highest BCUT2D eigenvalue weighted by Crippen LogP contribution is 2.25. The summed E-state index contributed by atoms with van der Waals surface area (Å²) in [6.07, 6.45) is 1.49. The van der Waals surface area contributed by atoms with Crippen LogP contribution in [0, 0.1) is 0 Å². The molecule has 0 unspecified atom stereocenters. The Morgan fingerprint density at radius 3 is 2.52 bits per heavy atom. The largest absolute Gasteiger partial charge is 0.497 e. The number of benzene rings is 1. The molecule has 0 fully saturated rings. The lowest BCUT2D eigenvalue weighted by Gasteiger charge is -2.09. The Bertz CT molecular complexity index is 643. The lowest BCUT2D eigenvalue weighted by molar-refractivity contribution is 0.0988. The minimum Gasteiger partial charge on any atom is -0.497 e. The summed E-state index contributed by atoms with van der Waals surface area (Å²) in [5, 5.41) is 0. The van der Waals surface area contributed by atoms with Crippen molar-refractivity contribution in [3.63, 3.8) is 0 Å². The summed E-state index contributed by atoms with van der Waals surface area (Å²) in [6.45, 7) is 0. The van der Waals surface area contributed by atoms with E-state index in [1.807, 2.05) is 0 Å². The maximum Gasteiger partial charge on any atom is 0.216 e. The van der Waals surface area contributed by atoms with Gasteiger partial charge in [-0.15, -0.1) is 0 Å². The Hall–Kier alpha value is -2.63. The van der Waals surface area contributed by atoms with Crippen LogP contribution in [-0.4, -0.2) is 37.1 Å². The zero-order valence-corrected chi connectivity index (χ0v) is 12.1. The number of aromatic nitrogens is 2. The third kappa shape index (κ3) is 3.47.